The van der Waals surface area contributed by atoms with Gasteiger partial charge in [0.1, 0.15) is 5.70 Å². The smallest absolute Gasteiger partial charge is 0.276 e. The highest BCUT2D eigenvalue weighted by Crippen LogP contribution is 2.23. The van der Waals surface area contributed by atoms with E-state index in [0.29, 0.717) is 10.9 Å². The van der Waals surface area contributed by atoms with Crippen LogP contribution in [0, 0.1) is 0 Å². The first-order valence-electron chi connectivity index (χ1n) is 10.0. The van der Waals surface area contributed by atoms with Crippen LogP contribution >= 0.6 is 11.8 Å². The number of para-hydroxylation sites is 1. The second kappa shape index (κ2) is 8.62. The maximum Gasteiger partial charge on any atom is 0.276 e. The van der Waals surface area contributed by atoms with Crippen molar-refractivity contribution in [2.24, 2.45) is 10.1 Å². The molecular weight excluding hydrogens is 404 g/mol. The number of nitrogens with one attached hydrogen (secondary N) is 1. The number of fused-ring (bicyclic) bond motifs is 2. The normalized spacial score (nSPS) is 17.5. The van der Waals surface area contributed by atoms with Gasteiger partial charge in [0.15, 0.2) is 11.3 Å². The fourth-order valence-corrected chi connectivity index (χ4v) is 4.34. The van der Waals surface area contributed by atoms with Crippen molar-refractivity contribution in [2.45, 2.75) is 11.9 Å². The number of carbonyl (C=O) groups excluding carboxylic acids is 1. The van der Waals surface area contributed by atoms with Crippen LogP contribution in [-0.2, 0) is 10.5 Å². The highest BCUT2D eigenvalue weighted by atomic mass is 32.2. The van der Waals surface area contributed by atoms with Gasteiger partial charge in [0.05, 0.1) is 5.36 Å². The number of benzene rings is 3. The lowest BCUT2D eigenvalue weighted by atomic mass is 10.1. The lowest BCUT2D eigenvalue weighted by Crippen LogP contribution is -2.52. The molecule has 0 saturated heterocycles. The molecular formula is C25H20N4OS. The number of thioether (sulfide) groups is 1. The zero-order valence-corrected chi connectivity index (χ0v) is 17.5. The Kier molecular flexibility index (Phi) is 5.37. The Balaban J connectivity index is 1.51. The van der Waals surface area contributed by atoms with Crippen molar-refractivity contribution >= 4 is 34.6 Å². The van der Waals surface area contributed by atoms with Gasteiger partial charge < -0.3 is 0 Å². The first-order chi connectivity index (χ1) is 15.3. The Bertz CT molecular complexity index is 1290. The van der Waals surface area contributed by atoms with E-state index in [2.05, 4.69) is 17.4 Å². The standard InChI is InChI=1S/C25H20N4OS/c30-24-23-20-13-7-8-14-21(20)26-22(16-15-18-9-3-1-4-10-18)29(23)28-25(27-24)31-17-19-11-5-2-6-12-19/h1-16,22H,17H2,(H,27,28,30)/b16-15+. The molecule has 152 valence electrons. The van der Waals surface area contributed by atoms with Gasteiger partial charge >= 0.3 is 0 Å². The molecule has 0 saturated carbocycles. The van der Waals surface area contributed by atoms with E-state index < -0.39 is 6.17 Å². The zero-order chi connectivity index (χ0) is 21.0. The average Bonchev–Trinajstić information content (AvgIpc) is 2.82. The van der Waals surface area contributed by atoms with E-state index in [-0.39, 0.29) is 5.91 Å². The van der Waals surface area contributed by atoms with Crippen LogP contribution in [0.2, 0.25) is 0 Å². The average molecular weight is 425 g/mol. The Morgan fingerprint density at radius 3 is 2.45 bits per heavy atom. The number of rotatable bonds is 4. The van der Waals surface area contributed by atoms with E-state index >= 15 is 0 Å². The van der Waals surface area contributed by atoms with E-state index in [0.717, 1.165) is 21.9 Å². The van der Waals surface area contributed by atoms with Gasteiger partial charge in [-0.25, -0.2) is 5.01 Å². The molecule has 0 spiro atoms. The van der Waals surface area contributed by atoms with Crippen molar-refractivity contribution in [3.8, 4) is 0 Å². The SMILES string of the molecule is O=C1NC(SCc2ccccc2)=NN2C1=c1ccccc1=NC2/C=C/c1ccccc1. The summed E-state index contributed by atoms with van der Waals surface area (Å²) in [6.07, 6.45) is 3.59. The largest absolute Gasteiger partial charge is 0.298 e. The molecule has 1 atom stereocenters. The van der Waals surface area contributed by atoms with Crippen molar-refractivity contribution in [1.29, 1.82) is 0 Å². The van der Waals surface area contributed by atoms with E-state index in [1.54, 1.807) is 5.01 Å². The van der Waals surface area contributed by atoms with Crippen LogP contribution in [0.5, 0.6) is 0 Å². The van der Waals surface area contributed by atoms with E-state index in [4.69, 9.17) is 10.1 Å². The van der Waals surface area contributed by atoms with Gasteiger partial charge in [-0.3, -0.25) is 15.1 Å². The number of amides is 1. The second-order valence-electron chi connectivity index (χ2n) is 7.16. The van der Waals surface area contributed by atoms with E-state index in [1.165, 1.54) is 17.3 Å². The Morgan fingerprint density at radius 2 is 1.65 bits per heavy atom. The highest BCUT2D eigenvalue weighted by molar-refractivity contribution is 8.13. The minimum atomic E-state index is -0.400. The number of amidine groups is 1. The number of hydrogen-bond donors (Lipinski definition) is 1. The lowest BCUT2D eigenvalue weighted by Gasteiger charge is -2.32. The van der Waals surface area contributed by atoms with Gasteiger partial charge in [-0.15, -0.1) is 5.10 Å². The van der Waals surface area contributed by atoms with Gasteiger partial charge in [0.2, 0.25) is 0 Å². The highest BCUT2D eigenvalue weighted by Gasteiger charge is 2.32. The van der Waals surface area contributed by atoms with Crippen molar-refractivity contribution in [3.05, 3.63) is 113 Å². The number of nitrogens with zero attached hydrogens (tertiary/aromatic N) is 3. The van der Waals surface area contributed by atoms with Crippen LogP contribution < -0.4 is 15.9 Å². The third-order valence-corrected chi connectivity index (χ3v) is 5.96. The molecule has 6 heteroatoms. The van der Waals surface area contributed by atoms with Crippen LogP contribution in [0.15, 0.2) is 101 Å². The maximum atomic E-state index is 13.1. The van der Waals surface area contributed by atoms with Gasteiger partial charge in [-0.05, 0) is 23.3 Å². The molecule has 5 nitrogen and oxygen atoms in total. The van der Waals surface area contributed by atoms with Gasteiger partial charge in [-0.1, -0.05) is 96.7 Å². The number of hydrogen-bond acceptors (Lipinski definition) is 5. The first kappa shape index (κ1) is 19.3. The predicted octanol–water partition coefficient (Wildman–Crippen LogP) is 3.10. The molecule has 0 aliphatic carbocycles. The van der Waals surface area contributed by atoms with Crippen LogP contribution in [0.1, 0.15) is 11.1 Å². The van der Waals surface area contributed by atoms with Crippen molar-refractivity contribution < 1.29 is 4.79 Å². The van der Waals surface area contributed by atoms with Gasteiger partial charge in [0.25, 0.3) is 5.91 Å². The third-order valence-electron chi connectivity index (χ3n) is 5.02. The summed E-state index contributed by atoms with van der Waals surface area (Å²) in [6, 6.07) is 27.9. The van der Waals surface area contributed by atoms with Crippen LogP contribution in [0.4, 0.5) is 0 Å². The molecule has 1 N–H and O–H groups in total. The summed E-state index contributed by atoms with van der Waals surface area (Å²) >= 11 is 1.51. The van der Waals surface area contributed by atoms with Crippen molar-refractivity contribution in [1.82, 2.24) is 10.3 Å². The van der Waals surface area contributed by atoms with Crippen molar-refractivity contribution in [3.63, 3.8) is 0 Å². The summed E-state index contributed by atoms with van der Waals surface area (Å²) in [5.41, 5.74) is 2.77. The molecule has 0 fully saturated rings. The molecule has 0 aromatic heterocycles. The monoisotopic (exact) mass is 424 g/mol. The molecule has 2 aliphatic heterocycles. The molecule has 5 rings (SSSR count). The summed E-state index contributed by atoms with van der Waals surface area (Å²) in [6.45, 7) is 0. The topological polar surface area (TPSA) is 57.1 Å². The van der Waals surface area contributed by atoms with E-state index in [1.807, 2.05) is 84.9 Å². The fraction of sp³-hybridized carbons (Fsp3) is 0.0800. The summed E-state index contributed by atoms with van der Waals surface area (Å²) in [5.74, 6) is 0.562. The summed E-state index contributed by atoms with van der Waals surface area (Å²) in [5, 5.41) is 11.6. The quantitative estimate of drug-likeness (QED) is 0.700. The van der Waals surface area contributed by atoms with E-state index in [9.17, 15) is 4.79 Å². The van der Waals surface area contributed by atoms with Gasteiger partial charge in [-0.2, -0.15) is 0 Å². The molecule has 3 aromatic rings. The molecule has 3 aromatic carbocycles. The lowest BCUT2D eigenvalue weighted by molar-refractivity contribution is -0.116. The van der Waals surface area contributed by atoms with Gasteiger partial charge in [0, 0.05) is 11.0 Å². The third kappa shape index (κ3) is 4.15. The Labute approximate surface area is 184 Å². The number of carbonyl (C=O) groups is 1. The van der Waals surface area contributed by atoms with Crippen LogP contribution in [-0.4, -0.2) is 22.2 Å². The van der Waals surface area contributed by atoms with Crippen LogP contribution in [0.25, 0.3) is 11.8 Å². The van der Waals surface area contributed by atoms with Crippen LogP contribution in [0.3, 0.4) is 0 Å². The van der Waals surface area contributed by atoms with Crippen molar-refractivity contribution in [2.75, 3.05) is 0 Å². The summed E-state index contributed by atoms with van der Waals surface area (Å²) in [7, 11) is 0. The molecule has 1 amide bonds. The minimum absolute atomic E-state index is 0.161. The summed E-state index contributed by atoms with van der Waals surface area (Å²) in [4.78, 5) is 17.9. The second-order valence-corrected chi connectivity index (χ2v) is 8.12. The maximum absolute atomic E-state index is 13.1. The summed E-state index contributed by atoms with van der Waals surface area (Å²) < 4.78 is 0. The zero-order valence-electron chi connectivity index (χ0n) is 16.7. The number of hydrazone groups is 1. The predicted molar refractivity (Wildman–Crippen MR) is 125 cm³/mol. The molecule has 31 heavy (non-hydrogen) atoms. The fourth-order valence-electron chi connectivity index (χ4n) is 3.53. The first-order valence-corrected chi connectivity index (χ1v) is 11.0. The molecule has 0 radical (unpaired) electrons. The molecule has 1 unspecified atom stereocenters. The Morgan fingerprint density at radius 1 is 0.935 bits per heavy atom. The molecule has 0 bridgehead atoms. The minimum Gasteiger partial charge on any atom is -0.298 e. The molecule has 2 heterocycles. The Hall–Kier alpha value is -3.64. The molecule has 2 aliphatic rings.